The van der Waals surface area contributed by atoms with Crippen molar-refractivity contribution < 1.29 is 15.0 Å². The third kappa shape index (κ3) is 4.97. The van der Waals surface area contributed by atoms with Crippen molar-refractivity contribution in [3.8, 4) is 0 Å². The summed E-state index contributed by atoms with van der Waals surface area (Å²) in [6.07, 6.45) is 6.22. The highest BCUT2D eigenvalue weighted by Gasteiger charge is 2.40. The van der Waals surface area contributed by atoms with Crippen molar-refractivity contribution in [1.82, 2.24) is 4.90 Å². The molecule has 2 aliphatic rings. The molecule has 1 unspecified atom stereocenters. The molecular weight excluding hydrogens is 417 g/mol. The molecule has 4 nitrogen and oxygen atoms in total. The molecule has 0 amide bonds. The summed E-state index contributed by atoms with van der Waals surface area (Å²) < 4.78 is 5.95. The smallest absolute Gasteiger partial charge is 0.339 e. The lowest BCUT2D eigenvalue weighted by atomic mass is 10.00. The highest BCUT2D eigenvalue weighted by atomic mass is 35.5. The van der Waals surface area contributed by atoms with Crippen molar-refractivity contribution in [2.24, 2.45) is 0 Å². The molecule has 0 spiro atoms. The van der Waals surface area contributed by atoms with Crippen LogP contribution in [0.1, 0.15) is 36.1 Å². The lowest BCUT2D eigenvalue weighted by molar-refractivity contribution is -0.144. The number of thiophene rings is 1. The average molecular weight is 442 g/mol. The first-order chi connectivity index (χ1) is 12.6. The van der Waals surface area contributed by atoms with Gasteiger partial charge in [0.1, 0.15) is 6.10 Å². The van der Waals surface area contributed by atoms with Gasteiger partial charge in [0.05, 0.1) is 5.57 Å². The zero-order chi connectivity index (χ0) is 18.1. The maximum atomic E-state index is 13.0. The molecule has 28 heavy (non-hydrogen) atoms. The van der Waals surface area contributed by atoms with Gasteiger partial charge in [0.15, 0.2) is 0 Å². The highest BCUT2D eigenvalue weighted by molar-refractivity contribution is 7.11. The molecule has 2 bridgehead atoms. The van der Waals surface area contributed by atoms with Gasteiger partial charge >= 0.3 is 5.97 Å². The Balaban J connectivity index is 0.00000140. The van der Waals surface area contributed by atoms with Gasteiger partial charge in [-0.05, 0) is 55.1 Å². The second kappa shape index (κ2) is 9.90. The van der Waals surface area contributed by atoms with E-state index in [0.29, 0.717) is 22.7 Å². The topological polar surface area (TPSA) is 61.0 Å². The number of esters is 1. The highest BCUT2D eigenvalue weighted by Crippen LogP contribution is 2.36. The summed E-state index contributed by atoms with van der Waals surface area (Å²) in [7, 11) is 2.19. The molecule has 4 rings (SSSR count). The molecule has 3 heterocycles. The number of nitrogens with zero attached hydrogens (tertiary/aromatic N) is 1. The van der Waals surface area contributed by atoms with Gasteiger partial charge in [0.25, 0.3) is 0 Å². The van der Waals surface area contributed by atoms with Gasteiger partial charge in [-0.1, -0.05) is 29.8 Å². The molecule has 7 heteroatoms. The third-order valence-electron chi connectivity index (χ3n) is 5.53. The third-order valence-corrected chi connectivity index (χ3v) is 6.60. The predicted octanol–water partition coefficient (Wildman–Crippen LogP) is 4.71. The SMILES string of the molecule is CN1[C@@H]2CC[C@H]1CC(OC(=O)/C(=C\c1cccs1)c1ccc(Cl)cc1)C2.Cl.O. The van der Waals surface area contributed by atoms with E-state index in [9.17, 15) is 4.79 Å². The molecule has 1 aromatic heterocycles. The van der Waals surface area contributed by atoms with E-state index in [1.807, 2.05) is 47.9 Å². The zero-order valence-corrected chi connectivity index (χ0v) is 18.0. The predicted molar refractivity (Wildman–Crippen MR) is 118 cm³/mol. The molecule has 1 aromatic carbocycles. The van der Waals surface area contributed by atoms with Gasteiger partial charge in [0, 0.05) is 34.8 Å². The Morgan fingerprint density at radius 2 is 1.82 bits per heavy atom. The van der Waals surface area contributed by atoms with Gasteiger partial charge in [0.2, 0.25) is 0 Å². The number of fused-ring (bicyclic) bond motifs is 2. The second-order valence-corrected chi connectivity index (χ2v) is 8.55. The Kier molecular flexibility index (Phi) is 8.10. The van der Waals surface area contributed by atoms with Crippen LogP contribution in [0.5, 0.6) is 0 Å². The largest absolute Gasteiger partial charge is 0.459 e. The van der Waals surface area contributed by atoms with Crippen LogP contribution in [0.2, 0.25) is 5.02 Å². The van der Waals surface area contributed by atoms with E-state index in [4.69, 9.17) is 16.3 Å². The van der Waals surface area contributed by atoms with Crippen molar-refractivity contribution in [3.63, 3.8) is 0 Å². The number of halogens is 2. The van der Waals surface area contributed by atoms with E-state index in [-0.39, 0.29) is 30.0 Å². The Labute approximate surface area is 180 Å². The van der Waals surface area contributed by atoms with Crippen LogP contribution in [0.3, 0.4) is 0 Å². The number of hydrogen-bond acceptors (Lipinski definition) is 4. The van der Waals surface area contributed by atoms with Gasteiger partial charge in [-0.25, -0.2) is 4.79 Å². The van der Waals surface area contributed by atoms with Crippen molar-refractivity contribution in [2.75, 3.05) is 7.05 Å². The van der Waals surface area contributed by atoms with Crippen LogP contribution in [0.25, 0.3) is 11.6 Å². The molecule has 2 N–H and O–H groups in total. The van der Waals surface area contributed by atoms with E-state index >= 15 is 0 Å². The second-order valence-electron chi connectivity index (χ2n) is 7.13. The van der Waals surface area contributed by atoms with Gasteiger partial charge < -0.3 is 15.1 Å². The lowest BCUT2D eigenvalue weighted by Crippen LogP contribution is -2.43. The quantitative estimate of drug-likeness (QED) is 0.509. The van der Waals surface area contributed by atoms with Crippen LogP contribution >= 0.6 is 35.3 Å². The van der Waals surface area contributed by atoms with E-state index in [1.165, 1.54) is 12.8 Å². The Morgan fingerprint density at radius 3 is 2.39 bits per heavy atom. The van der Waals surface area contributed by atoms with E-state index in [2.05, 4.69) is 11.9 Å². The number of carbonyl (C=O) groups excluding carboxylic acids is 1. The zero-order valence-electron chi connectivity index (χ0n) is 15.6. The summed E-state index contributed by atoms with van der Waals surface area (Å²) in [6, 6.07) is 12.4. The number of rotatable bonds is 4. The number of benzene rings is 1. The summed E-state index contributed by atoms with van der Waals surface area (Å²) in [6.45, 7) is 0. The van der Waals surface area contributed by atoms with E-state index in [0.717, 1.165) is 23.3 Å². The number of ether oxygens (including phenoxy) is 1. The molecule has 3 atom stereocenters. The first-order valence-corrected chi connectivity index (χ1v) is 10.3. The molecule has 2 aromatic rings. The maximum Gasteiger partial charge on any atom is 0.339 e. The molecule has 152 valence electrons. The number of hydrogen-bond donors (Lipinski definition) is 0. The fraction of sp³-hybridized carbons (Fsp3) is 0.381. The Hall–Kier alpha value is -1.37. The summed E-state index contributed by atoms with van der Waals surface area (Å²) in [5, 5.41) is 2.66. The van der Waals surface area contributed by atoms with Gasteiger partial charge in [-0.2, -0.15) is 0 Å². The van der Waals surface area contributed by atoms with Gasteiger partial charge in [-0.15, -0.1) is 23.7 Å². The fourth-order valence-electron chi connectivity index (χ4n) is 4.08. The molecule has 2 fully saturated rings. The first-order valence-electron chi connectivity index (χ1n) is 9.04. The maximum absolute atomic E-state index is 13.0. The minimum Gasteiger partial charge on any atom is -0.459 e. The van der Waals surface area contributed by atoms with Crippen LogP contribution in [-0.4, -0.2) is 41.6 Å². The van der Waals surface area contributed by atoms with Crippen LogP contribution in [0.15, 0.2) is 41.8 Å². The standard InChI is InChI=1S/C21H22ClNO2S.ClH.H2O/c1-23-16-8-9-17(23)12-18(11-16)25-21(24)20(13-19-3-2-10-26-19)14-4-6-15(22)7-5-14;;/h2-7,10,13,16-18H,8-9,11-12H2,1H3;1H;1H2/b20-13-;;/t16-,17+,18?;;. The molecular formula is C21H25Cl2NO3S. The van der Waals surface area contributed by atoms with Crippen LogP contribution < -0.4 is 0 Å². The average Bonchev–Trinajstić information content (AvgIpc) is 3.19. The summed E-state index contributed by atoms with van der Waals surface area (Å²) >= 11 is 7.62. The van der Waals surface area contributed by atoms with Crippen molar-refractivity contribution >= 4 is 53.0 Å². The molecule has 0 radical (unpaired) electrons. The van der Waals surface area contributed by atoms with Crippen LogP contribution in [0.4, 0.5) is 0 Å². The Bertz CT molecular complexity index is 794. The lowest BCUT2D eigenvalue weighted by Gasteiger charge is -2.35. The normalized spacial score (nSPS) is 24.2. The van der Waals surface area contributed by atoms with Crippen LogP contribution in [-0.2, 0) is 9.53 Å². The van der Waals surface area contributed by atoms with Crippen molar-refractivity contribution in [2.45, 2.75) is 43.9 Å². The van der Waals surface area contributed by atoms with Crippen LogP contribution in [0, 0.1) is 0 Å². The molecule has 2 saturated heterocycles. The Morgan fingerprint density at radius 1 is 1.18 bits per heavy atom. The van der Waals surface area contributed by atoms with Crippen molar-refractivity contribution in [3.05, 3.63) is 57.2 Å². The van der Waals surface area contributed by atoms with Crippen molar-refractivity contribution in [1.29, 1.82) is 0 Å². The number of carbonyl (C=O) groups is 1. The molecule has 2 aliphatic heterocycles. The minimum absolute atomic E-state index is 0. The fourth-order valence-corrected chi connectivity index (χ4v) is 4.86. The number of piperidine rings is 1. The van der Waals surface area contributed by atoms with Gasteiger partial charge in [-0.3, -0.25) is 0 Å². The molecule has 0 saturated carbocycles. The van der Waals surface area contributed by atoms with E-state index < -0.39 is 0 Å². The summed E-state index contributed by atoms with van der Waals surface area (Å²) in [5.74, 6) is -0.241. The summed E-state index contributed by atoms with van der Waals surface area (Å²) in [5.41, 5.74) is 1.43. The minimum atomic E-state index is -0.241. The summed E-state index contributed by atoms with van der Waals surface area (Å²) in [4.78, 5) is 16.5. The first kappa shape index (κ1) is 22.9. The molecule has 0 aliphatic carbocycles. The monoisotopic (exact) mass is 441 g/mol. The van der Waals surface area contributed by atoms with E-state index in [1.54, 1.807) is 11.3 Å².